The normalized spacial score (nSPS) is 13.9. The molecule has 0 radical (unpaired) electrons. The first-order valence-corrected chi connectivity index (χ1v) is 15.6. The molecule has 0 atom stereocenters. The van der Waals surface area contributed by atoms with Crippen molar-refractivity contribution in [3.05, 3.63) is 0 Å². The van der Waals surface area contributed by atoms with Gasteiger partial charge in [0, 0.05) is 52.9 Å². The van der Waals surface area contributed by atoms with Crippen molar-refractivity contribution in [2.75, 3.05) is 52.9 Å². The molecular weight excluding hydrogens is 492 g/mol. The minimum absolute atomic E-state index is 0.189. The molecule has 0 amide bonds. The highest BCUT2D eigenvalue weighted by Gasteiger charge is 2.45. The molecule has 37 heavy (non-hydrogen) atoms. The third-order valence-corrected chi connectivity index (χ3v) is 6.64. The van der Waals surface area contributed by atoms with Gasteiger partial charge in [0.25, 0.3) is 0 Å². The van der Waals surface area contributed by atoms with Crippen LogP contribution in [0.15, 0.2) is 0 Å². The topological polar surface area (TPSA) is 73.8 Å². The number of hydrogen-bond acceptors (Lipinski definition) is 8. The first kappa shape index (κ1) is 36.9. The average molecular weight is 553 g/mol. The predicted octanol–water partition coefficient (Wildman–Crippen LogP) is 6.31. The van der Waals surface area contributed by atoms with Gasteiger partial charge in [-0.05, 0) is 109 Å². The van der Waals surface area contributed by atoms with E-state index in [0.29, 0.717) is 52.9 Å². The van der Waals surface area contributed by atoms with Crippen LogP contribution in [0.1, 0.15) is 109 Å². The zero-order chi connectivity index (χ0) is 28.6. The van der Waals surface area contributed by atoms with E-state index in [1.165, 1.54) is 0 Å². The molecule has 0 aromatic heterocycles. The Bertz CT molecular complexity index is 457. The van der Waals surface area contributed by atoms with Gasteiger partial charge in [0.05, 0.1) is 22.4 Å². The second-order valence-corrected chi connectivity index (χ2v) is 15.3. The summed E-state index contributed by atoms with van der Waals surface area (Å²) in [5.74, 6) is 0. The van der Waals surface area contributed by atoms with Crippen molar-refractivity contribution < 1.29 is 36.7 Å². The van der Waals surface area contributed by atoms with Crippen molar-refractivity contribution in [3.63, 3.8) is 0 Å². The molecule has 0 N–H and O–H groups in total. The lowest BCUT2D eigenvalue weighted by Gasteiger charge is -2.29. The first-order chi connectivity index (χ1) is 16.8. The number of rotatable bonds is 20. The molecule has 0 aromatic rings. The zero-order valence-corrected chi connectivity index (χ0v) is 27.3. The third kappa shape index (κ3) is 25.9. The van der Waals surface area contributed by atoms with Crippen LogP contribution in [0.5, 0.6) is 0 Å². The van der Waals surface area contributed by atoms with Crippen LogP contribution >= 0.6 is 0 Å². The van der Waals surface area contributed by atoms with Gasteiger partial charge < -0.3 is 36.7 Å². The molecular formula is C28H60O8Si. The summed E-state index contributed by atoms with van der Waals surface area (Å²) in [6.07, 6.45) is 2.87. The monoisotopic (exact) mass is 552 g/mol. The summed E-state index contributed by atoms with van der Waals surface area (Å²) in [6, 6.07) is 0. The summed E-state index contributed by atoms with van der Waals surface area (Å²) in [5.41, 5.74) is -0.757. The molecule has 0 spiro atoms. The Morgan fingerprint density at radius 3 is 0.676 bits per heavy atom. The van der Waals surface area contributed by atoms with Crippen LogP contribution in [0.3, 0.4) is 0 Å². The van der Waals surface area contributed by atoms with E-state index in [-0.39, 0.29) is 22.4 Å². The maximum atomic E-state index is 6.26. The summed E-state index contributed by atoms with van der Waals surface area (Å²) in [5, 5.41) is 0. The fourth-order valence-corrected chi connectivity index (χ4v) is 4.87. The van der Waals surface area contributed by atoms with E-state index in [4.69, 9.17) is 36.7 Å². The van der Waals surface area contributed by atoms with Gasteiger partial charge in [0.1, 0.15) is 0 Å². The first-order valence-electron chi connectivity index (χ1n) is 13.9. The fourth-order valence-electron chi connectivity index (χ4n) is 2.79. The molecule has 0 fully saturated rings. The highest BCUT2D eigenvalue weighted by atomic mass is 28.4. The van der Waals surface area contributed by atoms with Crippen LogP contribution in [-0.2, 0) is 36.7 Å². The Labute approximate surface area is 229 Å². The second-order valence-electron chi connectivity index (χ2n) is 13.2. The smallest absolute Gasteiger partial charge is 0.376 e. The van der Waals surface area contributed by atoms with Gasteiger partial charge in [-0.25, -0.2) is 0 Å². The molecule has 9 heteroatoms. The molecule has 0 bridgehead atoms. The van der Waals surface area contributed by atoms with Crippen molar-refractivity contribution >= 4 is 9.05 Å². The van der Waals surface area contributed by atoms with E-state index < -0.39 is 9.05 Å². The van der Waals surface area contributed by atoms with Gasteiger partial charge in [0.15, 0.2) is 0 Å². The Morgan fingerprint density at radius 1 is 0.324 bits per heavy atom. The summed E-state index contributed by atoms with van der Waals surface area (Å²) < 4.78 is 48.4. The van der Waals surface area contributed by atoms with E-state index in [1.54, 1.807) is 0 Å². The molecule has 0 saturated heterocycles. The van der Waals surface area contributed by atoms with Crippen molar-refractivity contribution in [3.8, 4) is 0 Å². The summed E-state index contributed by atoms with van der Waals surface area (Å²) in [4.78, 5) is 0. The summed E-state index contributed by atoms with van der Waals surface area (Å²) >= 11 is 0. The zero-order valence-electron chi connectivity index (χ0n) is 26.3. The van der Waals surface area contributed by atoms with E-state index in [9.17, 15) is 0 Å². The third-order valence-electron chi connectivity index (χ3n) is 4.41. The highest BCUT2D eigenvalue weighted by molar-refractivity contribution is 6.53. The van der Waals surface area contributed by atoms with Gasteiger partial charge in [-0.2, -0.15) is 0 Å². The maximum absolute atomic E-state index is 6.26. The van der Waals surface area contributed by atoms with E-state index in [2.05, 4.69) is 0 Å². The van der Waals surface area contributed by atoms with Crippen LogP contribution in [0.25, 0.3) is 0 Å². The van der Waals surface area contributed by atoms with Crippen LogP contribution in [0.2, 0.25) is 0 Å². The van der Waals surface area contributed by atoms with Crippen LogP contribution in [0.4, 0.5) is 0 Å². The molecule has 0 saturated carbocycles. The van der Waals surface area contributed by atoms with Gasteiger partial charge in [-0.1, -0.05) is 0 Å². The van der Waals surface area contributed by atoms with Crippen molar-refractivity contribution in [1.82, 2.24) is 0 Å². The molecule has 0 aliphatic carbocycles. The largest absolute Gasteiger partial charge is 0.679 e. The molecule has 0 aliphatic rings. The van der Waals surface area contributed by atoms with Crippen LogP contribution < -0.4 is 0 Å². The maximum Gasteiger partial charge on any atom is 0.679 e. The second kappa shape index (κ2) is 17.6. The Kier molecular flexibility index (Phi) is 17.5. The standard InChI is InChI=1S/C28H60O8Si/c1-25(2,3)29-17-13-21-33-37(34-22-14-18-30-26(4,5)6,35-23-15-19-31-27(7,8)9)36-24-16-20-32-28(10,11)12/h13-24H2,1-12H3. The minimum Gasteiger partial charge on any atom is -0.376 e. The average Bonchev–Trinajstić information content (AvgIpc) is 2.69. The minimum atomic E-state index is -3.40. The molecule has 8 nitrogen and oxygen atoms in total. The van der Waals surface area contributed by atoms with Gasteiger partial charge in [-0.3, -0.25) is 0 Å². The van der Waals surface area contributed by atoms with Crippen LogP contribution in [-0.4, -0.2) is 84.3 Å². The SMILES string of the molecule is CC(C)(C)OCCCO[Si](OCCCOC(C)(C)C)(OCCCOC(C)(C)C)OCCCOC(C)(C)C. The molecule has 0 unspecified atom stereocenters. The Morgan fingerprint density at radius 2 is 0.514 bits per heavy atom. The highest BCUT2D eigenvalue weighted by Crippen LogP contribution is 2.17. The molecule has 224 valence electrons. The molecule has 0 heterocycles. The lowest BCUT2D eigenvalue weighted by Crippen LogP contribution is -2.50. The molecule has 0 aromatic carbocycles. The summed E-state index contributed by atoms with van der Waals surface area (Å²) in [6.45, 7) is 28.6. The van der Waals surface area contributed by atoms with E-state index >= 15 is 0 Å². The Hall–Kier alpha value is -0.103. The van der Waals surface area contributed by atoms with E-state index in [0.717, 1.165) is 25.7 Å². The van der Waals surface area contributed by atoms with E-state index in [1.807, 2.05) is 83.1 Å². The quantitative estimate of drug-likeness (QED) is 0.129. The molecule has 0 rings (SSSR count). The van der Waals surface area contributed by atoms with Crippen molar-refractivity contribution in [2.24, 2.45) is 0 Å². The van der Waals surface area contributed by atoms with Gasteiger partial charge in [0.2, 0.25) is 0 Å². The lowest BCUT2D eigenvalue weighted by molar-refractivity contribution is -0.0625. The summed E-state index contributed by atoms with van der Waals surface area (Å²) in [7, 11) is -3.40. The lowest BCUT2D eigenvalue weighted by atomic mass is 10.2. The number of hydrogen-bond donors (Lipinski definition) is 0. The predicted molar refractivity (Wildman–Crippen MR) is 151 cm³/mol. The number of ether oxygens (including phenoxy) is 4. The van der Waals surface area contributed by atoms with Gasteiger partial charge >= 0.3 is 9.05 Å². The fraction of sp³-hybridized carbons (Fsp3) is 1.00. The van der Waals surface area contributed by atoms with Crippen molar-refractivity contribution in [2.45, 2.75) is 131 Å². The van der Waals surface area contributed by atoms with Crippen molar-refractivity contribution in [1.29, 1.82) is 0 Å². The Balaban J connectivity index is 5.12. The van der Waals surface area contributed by atoms with Gasteiger partial charge in [-0.15, -0.1) is 0 Å². The molecule has 0 aliphatic heterocycles. The van der Waals surface area contributed by atoms with Crippen LogP contribution in [0, 0.1) is 0 Å².